The van der Waals surface area contributed by atoms with E-state index < -0.39 is 6.10 Å². The summed E-state index contributed by atoms with van der Waals surface area (Å²) in [5, 5.41) is 15.4. The number of hydrogen-bond acceptors (Lipinski definition) is 3. The number of rotatable bonds is 7. The van der Waals surface area contributed by atoms with E-state index in [0.29, 0.717) is 19.6 Å². The maximum Gasteiger partial charge on any atom is 0.314 e. The highest BCUT2D eigenvalue weighted by atomic mass is 16.3. The van der Waals surface area contributed by atoms with E-state index in [1.807, 2.05) is 0 Å². The minimum atomic E-state index is -0.481. The minimum Gasteiger partial charge on any atom is -0.390 e. The number of nitrogens with one attached hydrogen (secondary N) is 2. The Balaban J connectivity index is 2.07. The third-order valence-corrected chi connectivity index (χ3v) is 3.66. The lowest BCUT2D eigenvalue weighted by atomic mass is 9.99. The fourth-order valence-electron chi connectivity index (χ4n) is 2.26. The molecular formula is C14H29N3O2. The van der Waals surface area contributed by atoms with Crippen LogP contribution < -0.4 is 10.6 Å². The second-order valence-electron chi connectivity index (χ2n) is 5.63. The van der Waals surface area contributed by atoms with Crippen LogP contribution in [0.5, 0.6) is 0 Å². The Bertz CT molecular complexity index is 253. The van der Waals surface area contributed by atoms with Crippen LogP contribution in [0.25, 0.3) is 0 Å². The molecule has 19 heavy (non-hydrogen) atoms. The van der Waals surface area contributed by atoms with Crippen LogP contribution in [0.1, 0.15) is 39.5 Å². The average Bonchev–Trinajstić information content (AvgIpc) is 2.39. The van der Waals surface area contributed by atoms with Crippen LogP contribution in [0.3, 0.4) is 0 Å². The molecule has 0 spiro atoms. The van der Waals surface area contributed by atoms with Gasteiger partial charge in [-0.05, 0) is 38.3 Å². The van der Waals surface area contributed by atoms with Crippen LogP contribution in [0.4, 0.5) is 4.79 Å². The molecule has 0 saturated carbocycles. The lowest BCUT2D eigenvalue weighted by molar-refractivity contribution is 0.0920. The molecule has 0 radical (unpaired) electrons. The van der Waals surface area contributed by atoms with Crippen LogP contribution in [-0.2, 0) is 0 Å². The first kappa shape index (κ1) is 16.2. The maximum absolute atomic E-state index is 11.4. The number of carbonyl (C=O) groups is 1. The van der Waals surface area contributed by atoms with E-state index in [9.17, 15) is 9.90 Å². The van der Waals surface area contributed by atoms with Gasteiger partial charge in [0.1, 0.15) is 0 Å². The molecular weight excluding hydrogens is 242 g/mol. The molecule has 3 N–H and O–H groups in total. The SMILES string of the molecule is CCCCNC(=O)NCC(O)CN1CCC(C)CC1. The monoisotopic (exact) mass is 271 g/mol. The predicted octanol–water partition coefficient (Wildman–Crippen LogP) is 1.18. The third kappa shape index (κ3) is 7.38. The number of β-amino-alcohol motifs (C(OH)–C–C–N with tert-alkyl or cyclic N) is 1. The van der Waals surface area contributed by atoms with Crippen molar-refractivity contribution in [2.45, 2.75) is 45.6 Å². The van der Waals surface area contributed by atoms with E-state index in [1.165, 1.54) is 12.8 Å². The van der Waals surface area contributed by atoms with Crippen molar-refractivity contribution in [2.75, 3.05) is 32.7 Å². The summed E-state index contributed by atoms with van der Waals surface area (Å²) in [6, 6.07) is -0.181. The van der Waals surface area contributed by atoms with Gasteiger partial charge in [-0.25, -0.2) is 4.79 Å². The Morgan fingerprint density at radius 1 is 1.37 bits per heavy atom. The fourth-order valence-corrected chi connectivity index (χ4v) is 2.26. The van der Waals surface area contributed by atoms with Crippen molar-refractivity contribution in [3.05, 3.63) is 0 Å². The number of carbonyl (C=O) groups excluding carboxylic acids is 1. The van der Waals surface area contributed by atoms with Crippen LogP contribution in [-0.4, -0.2) is 54.9 Å². The van der Waals surface area contributed by atoms with E-state index in [2.05, 4.69) is 29.4 Å². The van der Waals surface area contributed by atoms with Gasteiger partial charge in [0.2, 0.25) is 0 Å². The molecule has 1 saturated heterocycles. The summed E-state index contributed by atoms with van der Waals surface area (Å²) >= 11 is 0. The lowest BCUT2D eigenvalue weighted by Crippen LogP contribution is -2.45. The van der Waals surface area contributed by atoms with Gasteiger partial charge in [0.15, 0.2) is 0 Å². The van der Waals surface area contributed by atoms with Gasteiger partial charge in [-0.1, -0.05) is 20.3 Å². The standard InChI is InChI=1S/C14H29N3O2/c1-3-4-7-15-14(19)16-10-13(18)11-17-8-5-12(2)6-9-17/h12-13,18H,3-11H2,1-2H3,(H2,15,16,19). The van der Waals surface area contributed by atoms with Crippen LogP contribution in [0.15, 0.2) is 0 Å². The van der Waals surface area contributed by atoms with Gasteiger partial charge >= 0.3 is 6.03 Å². The number of aliphatic hydroxyl groups is 1. The zero-order valence-corrected chi connectivity index (χ0v) is 12.3. The van der Waals surface area contributed by atoms with Crippen molar-refractivity contribution in [3.63, 3.8) is 0 Å². The van der Waals surface area contributed by atoms with E-state index in [4.69, 9.17) is 0 Å². The van der Waals surface area contributed by atoms with Gasteiger partial charge in [-0.2, -0.15) is 0 Å². The Hall–Kier alpha value is -0.810. The zero-order chi connectivity index (χ0) is 14.1. The predicted molar refractivity (Wildman–Crippen MR) is 77.2 cm³/mol. The van der Waals surface area contributed by atoms with Gasteiger partial charge in [0.05, 0.1) is 6.10 Å². The quantitative estimate of drug-likeness (QED) is 0.609. The van der Waals surface area contributed by atoms with Gasteiger partial charge in [0, 0.05) is 19.6 Å². The summed E-state index contributed by atoms with van der Waals surface area (Å²) in [5.74, 6) is 0.802. The molecule has 0 aromatic heterocycles. The molecule has 2 amide bonds. The number of likely N-dealkylation sites (tertiary alicyclic amines) is 1. The number of aliphatic hydroxyl groups excluding tert-OH is 1. The molecule has 1 aliphatic heterocycles. The molecule has 5 nitrogen and oxygen atoms in total. The number of unbranched alkanes of at least 4 members (excludes halogenated alkanes) is 1. The molecule has 0 aromatic rings. The summed E-state index contributed by atoms with van der Waals surface area (Å²) in [5.41, 5.74) is 0. The van der Waals surface area contributed by atoms with E-state index >= 15 is 0 Å². The summed E-state index contributed by atoms with van der Waals surface area (Å²) in [7, 11) is 0. The molecule has 1 heterocycles. The summed E-state index contributed by atoms with van der Waals surface area (Å²) < 4.78 is 0. The van der Waals surface area contributed by atoms with E-state index in [-0.39, 0.29) is 6.03 Å². The first-order valence-corrected chi connectivity index (χ1v) is 7.54. The summed E-state index contributed by atoms with van der Waals surface area (Å²) in [6.45, 7) is 8.15. The Labute approximate surface area is 116 Å². The third-order valence-electron chi connectivity index (χ3n) is 3.66. The topological polar surface area (TPSA) is 64.6 Å². The number of piperidine rings is 1. The second kappa shape index (κ2) is 9.15. The molecule has 1 rings (SSSR count). The average molecular weight is 271 g/mol. The van der Waals surface area contributed by atoms with Crippen LogP contribution in [0, 0.1) is 5.92 Å². The van der Waals surface area contributed by atoms with Crippen molar-refractivity contribution in [2.24, 2.45) is 5.92 Å². The van der Waals surface area contributed by atoms with Crippen LogP contribution in [0.2, 0.25) is 0 Å². The van der Waals surface area contributed by atoms with Crippen molar-refractivity contribution in [1.29, 1.82) is 0 Å². The molecule has 112 valence electrons. The van der Waals surface area contributed by atoms with Crippen molar-refractivity contribution in [1.82, 2.24) is 15.5 Å². The van der Waals surface area contributed by atoms with E-state index in [0.717, 1.165) is 31.8 Å². The smallest absolute Gasteiger partial charge is 0.314 e. The number of hydrogen-bond donors (Lipinski definition) is 3. The number of nitrogens with zero attached hydrogens (tertiary/aromatic N) is 1. The highest BCUT2D eigenvalue weighted by molar-refractivity contribution is 5.73. The zero-order valence-electron chi connectivity index (χ0n) is 12.3. The molecule has 1 atom stereocenters. The number of urea groups is 1. The highest BCUT2D eigenvalue weighted by Crippen LogP contribution is 2.15. The molecule has 1 unspecified atom stereocenters. The minimum absolute atomic E-state index is 0.181. The van der Waals surface area contributed by atoms with Gasteiger partial charge < -0.3 is 20.6 Å². The lowest BCUT2D eigenvalue weighted by Gasteiger charge is -2.31. The first-order chi connectivity index (χ1) is 9.11. The molecule has 1 fully saturated rings. The second-order valence-corrected chi connectivity index (χ2v) is 5.63. The van der Waals surface area contributed by atoms with Gasteiger partial charge in [0.25, 0.3) is 0 Å². The van der Waals surface area contributed by atoms with Crippen molar-refractivity contribution >= 4 is 6.03 Å². The Kier molecular flexibility index (Phi) is 7.82. The van der Waals surface area contributed by atoms with Gasteiger partial charge in [-0.15, -0.1) is 0 Å². The van der Waals surface area contributed by atoms with Crippen molar-refractivity contribution < 1.29 is 9.90 Å². The number of amides is 2. The summed E-state index contributed by atoms with van der Waals surface area (Å²) in [6.07, 6.45) is 3.98. The molecule has 1 aliphatic rings. The summed E-state index contributed by atoms with van der Waals surface area (Å²) in [4.78, 5) is 13.7. The van der Waals surface area contributed by atoms with Crippen molar-refractivity contribution in [3.8, 4) is 0 Å². The molecule has 0 aromatic carbocycles. The Morgan fingerprint density at radius 2 is 2.05 bits per heavy atom. The normalized spacial score (nSPS) is 19.1. The molecule has 0 bridgehead atoms. The fraction of sp³-hybridized carbons (Fsp3) is 0.929. The van der Waals surface area contributed by atoms with E-state index in [1.54, 1.807) is 0 Å². The maximum atomic E-state index is 11.4. The molecule has 5 heteroatoms. The largest absolute Gasteiger partial charge is 0.390 e. The van der Waals surface area contributed by atoms with Crippen LogP contribution >= 0.6 is 0 Å². The first-order valence-electron chi connectivity index (χ1n) is 7.54. The Morgan fingerprint density at radius 3 is 2.68 bits per heavy atom. The van der Waals surface area contributed by atoms with Gasteiger partial charge in [-0.3, -0.25) is 0 Å². The highest BCUT2D eigenvalue weighted by Gasteiger charge is 2.18. The molecule has 0 aliphatic carbocycles.